The molecule has 2 rings (SSSR count). The molecule has 0 heterocycles. The van der Waals surface area contributed by atoms with Crippen molar-refractivity contribution in [1.82, 2.24) is 5.32 Å². The highest BCUT2D eigenvalue weighted by Crippen LogP contribution is 2.25. The number of benzene rings is 2. The first kappa shape index (κ1) is 18.1. The summed E-state index contributed by atoms with van der Waals surface area (Å²) in [4.78, 5) is 11.7. The molecule has 0 saturated carbocycles. The van der Waals surface area contributed by atoms with E-state index in [1.807, 2.05) is 0 Å². The Morgan fingerprint density at radius 2 is 1.83 bits per heavy atom. The van der Waals surface area contributed by atoms with Gasteiger partial charge in [0.05, 0.1) is 18.1 Å². The van der Waals surface area contributed by atoms with Gasteiger partial charge in [0.1, 0.15) is 29.7 Å². The predicted octanol–water partition coefficient (Wildman–Crippen LogP) is 3.17. The highest BCUT2D eigenvalue weighted by molar-refractivity contribution is 9.10. The third kappa shape index (κ3) is 5.73. The van der Waals surface area contributed by atoms with Crippen LogP contribution < -0.4 is 19.5 Å². The van der Waals surface area contributed by atoms with E-state index in [4.69, 9.17) is 14.2 Å². The molecule has 0 bridgehead atoms. The fraction of sp³-hybridized carbons (Fsp3) is 0.235. The van der Waals surface area contributed by atoms with Crippen LogP contribution in [0.2, 0.25) is 0 Å². The predicted molar refractivity (Wildman–Crippen MR) is 91.1 cm³/mol. The Hall–Kier alpha value is -2.28. The maximum Gasteiger partial charge on any atom is 0.258 e. The van der Waals surface area contributed by atoms with Gasteiger partial charge in [0.25, 0.3) is 5.91 Å². The molecule has 0 radical (unpaired) electrons. The highest BCUT2D eigenvalue weighted by atomic mass is 79.9. The van der Waals surface area contributed by atoms with Crippen LogP contribution in [0.15, 0.2) is 46.9 Å². The Balaban J connectivity index is 1.65. The smallest absolute Gasteiger partial charge is 0.258 e. The van der Waals surface area contributed by atoms with Crippen LogP contribution >= 0.6 is 15.9 Å². The van der Waals surface area contributed by atoms with Crippen LogP contribution in [0.25, 0.3) is 0 Å². The van der Waals surface area contributed by atoms with Crippen molar-refractivity contribution in [3.8, 4) is 17.2 Å². The minimum atomic E-state index is -0.380. The lowest BCUT2D eigenvalue weighted by Crippen LogP contribution is -2.32. The molecule has 128 valence electrons. The van der Waals surface area contributed by atoms with Gasteiger partial charge in [-0.15, -0.1) is 0 Å². The molecule has 0 atom stereocenters. The van der Waals surface area contributed by atoms with Crippen molar-refractivity contribution in [2.75, 3.05) is 26.9 Å². The number of ether oxygens (including phenoxy) is 3. The van der Waals surface area contributed by atoms with Crippen molar-refractivity contribution in [1.29, 1.82) is 0 Å². The molecule has 0 spiro atoms. The van der Waals surface area contributed by atoms with E-state index in [9.17, 15) is 9.18 Å². The second-order valence-electron chi connectivity index (χ2n) is 4.74. The lowest BCUT2D eigenvalue weighted by molar-refractivity contribution is -0.123. The van der Waals surface area contributed by atoms with Gasteiger partial charge in [-0.3, -0.25) is 4.79 Å². The zero-order chi connectivity index (χ0) is 17.4. The summed E-state index contributed by atoms with van der Waals surface area (Å²) in [5.74, 6) is 1.18. The van der Waals surface area contributed by atoms with Crippen LogP contribution in [0, 0.1) is 5.82 Å². The molecule has 0 aliphatic rings. The number of amides is 1. The molecule has 0 saturated heterocycles. The number of carbonyl (C=O) groups excluding carboxylic acids is 1. The van der Waals surface area contributed by atoms with E-state index in [2.05, 4.69) is 21.2 Å². The number of halogens is 2. The Morgan fingerprint density at radius 3 is 2.50 bits per heavy atom. The van der Waals surface area contributed by atoms with E-state index in [1.54, 1.807) is 31.4 Å². The summed E-state index contributed by atoms with van der Waals surface area (Å²) in [6.45, 7) is 0.518. The monoisotopic (exact) mass is 397 g/mol. The van der Waals surface area contributed by atoms with Gasteiger partial charge in [-0.2, -0.15) is 0 Å². The van der Waals surface area contributed by atoms with Crippen LogP contribution in [0.3, 0.4) is 0 Å². The summed E-state index contributed by atoms with van der Waals surface area (Å²) in [5, 5.41) is 2.67. The van der Waals surface area contributed by atoms with E-state index >= 15 is 0 Å². The van der Waals surface area contributed by atoms with Gasteiger partial charge >= 0.3 is 0 Å². The summed E-state index contributed by atoms with van der Waals surface area (Å²) in [6.07, 6.45) is 0. The molecule has 0 aliphatic heterocycles. The van der Waals surface area contributed by atoms with Gasteiger partial charge in [0.2, 0.25) is 0 Å². The largest absolute Gasteiger partial charge is 0.497 e. The number of methoxy groups -OCH3 is 1. The van der Waals surface area contributed by atoms with E-state index in [0.29, 0.717) is 29.1 Å². The average molecular weight is 398 g/mol. The standard InChI is InChI=1S/C17H17BrFNO4/c1-22-13-3-5-14(6-4-13)23-9-8-20-17(21)11-24-16-7-2-12(19)10-15(16)18/h2-7,10H,8-9,11H2,1H3,(H,20,21). The maximum atomic E-state index is 12.9. The van der Waals surface area contributed by atoms with Crippen molar-refractivity contribution >= 4 is 21.8 Å². The van der Waals surface area contributed by atoms with Crippen molar-refractivity contribution in [3.63, 3.8) is 0 Å². The van der Waals surface area contributed by atoms with E-state index in [0.717, 1.165) is 5.75 Å². The van der Waals surface area contributed by atoms with Crippen molar-refractivity contribution < 1.29 is 23.4 Å². The van der Waals surface area contributed by atoms with Crippen molar-refractivity contribution in [2.24, 2.45) is 0 Å². The molecule has 0 aliphatic carbocycles. The third-order valence-electron chi connectivity index (χ3n) is 3.01. The third-order valence-corrected chi connectivity index (χ3v) is 3.62. The van der Waals surface area contributed by atoms with Gasteiger partial charge < -0.3 is 19.5 Å². The zero-order valence-corrected chi connectivity index (χ0v) is 14.6. The molecule has 0 unspecified atom stereocenters. The number of rotatable bonds is 8. The lowest BCUT2D eigenvalue weighted by Gasteiger charge is -2.10. The molecule has 7 heteroatoms. The average Bonchev–Trinajstić information content (AvgIpc) is 2.58. The minimum absolute atomic E-state index is 0.160. The van der Waals surface area contributed by atoms with E-state index < -0.39 is 0 Å². The topological polar surface area (TPSA) is 56.8 Å². The SMILES string of the molecule is COc1ccc(OCCNC(=O)COc2ccc(F)cc2Br)cc1. The number of nitrogens with one attached hydrogen (secondary N) is 1. The minimum Gasteiger partial charge on any atom is -0.497 e. The van der Waals surface area contributed by atoms with Gasteiger partial charge in [0, 0.05) is 0 Å². The Labute approximate surface area is 147 Å². The fourth-order valence-electron chi connectivity index (χ4n) is 1.82. The summed E-state index contributed by atoms with van der Waals surface area (Å²) in [5.41, 5.74) is 0. The zero-order valence-electron chi connectivity index (χ0n) is 13.1. The molecule has 5 nitrogen and oxygen atoms in total. The Kier molecular flexibility index (Phi) is 6.87. The second-order valence-corrected chi connectivity index (χ2v) is 5.59. The molecular formula is C17H17BrFNO4. The lowest BCUT2D eigenvalue weighted by atomic mass is 10.3. The summed E-state index contributed by atoms with van der Waals surface area (Å²) in [6, 6.07) is 11.2. The fourth-order valence-corrected chi connectivity index (χ4v) is 2.28. The molecule has 0 aromatic heterocycles. The molecular weight excluding hydrogens is 381 g/mol. The first-order valence-corrected chi connectivity index (χ1v) is 7.99. The number of carbonyl (C=O) groups is 1. The Morgan fingerprint density at radius 1 is 1.12 bits per heavy atom. The van der Waals surface area contributed by atoms with Crippen molar-refractivity contribution in [3.05, 3.63) is 52.8 Å². The van der Waals surface area contributed by atoms with Gasteiger partial charge in [-0.05, 0) is 58.4 Å². The molecule has 24 heavy (non-hydrogen) atoms. The normalized spacial score (nSPS) is 10.1. The summed E-state index contributed by atoms with van der Waals surface area (Å²) < 4.78 is 29.3. The molecule has 1 N–H and O–H groups in total. The molecule has 1 amide bonds. The molecule has 2 aromatic carbocycles. The van der Waals surface area contributed by atoms with Gasteiger partial charge in [0.15, 0.2) is 6.61 Å². The van der Waals surface area contributed by atoms with E-state index in [-0.39, 0.29) is 18.3 Å². The van der Waals surface area contributed by atoms with Gasteiger partial charge in [-0.1, -0.05) is 0 Å². The summed E-state index contributed by atoms with van der Waals surface area (Å²) in [7, 11) is 1.60. The molecule has 2 aromatic rings. The van der Waals surface area contributed by atoms with Crippen LogP contribution in [-0.4, -0.2) is 32.8 Å². The first-order valence-electron chi connectivity index (χ1n) is 7.20. The van der Waals surface area contributed by atoms with E-state index in [1.165, 1.54) is 18.2 Å². The number of hydrogen-bond donors (Lipinski definition) is 1. The first-order chi connectivity index (χ1) is 11.6. The van der Waals surface area contributed by atoms with Gasteiger partial charge in [-0.25, -0.2) is 4.39 Å². The van der Waals surface area contributed by atoms with Crippen molar-refractivity contribution in [2.45, 2.75) is 0 Å². The maximum absolute atomic E-state index is 12.9. The van der Waals surface area contributed by atoms with Crippen LogP contribution in [0.5, 0.6) is 17.2 Å². The van der Waals surface area contributed by atoms with Crippen LogP contribution in [0.4, 0.5) is 4.39 Å². The second kappa shape index (κ2) is 9.12. The highest BCUT2D eigenvalue weighted by Gasteiger charge is 2.06. The molecule has 0 fully saturated rings. The number of hydrogen-bond acceptors (Lipinski definition) is 4. The summed E-state index contributed by atoms with van der Waals surface area (Å²) >= 11 is 3.17. The van der Waals surface area contributed by atoms with Crippen LogP contribution in [0.1, 0.15) is 0 Å². The quantitative estimate of drug-likeness (QED) is 0.695. The van der Waals surface area contributed by atoms with Crippen LogP contribution in [-0.2, 0) is 4.79 Å². The Bertz CT molecular complexity index is 679.